The fourth-order valence-electron chi connectivity index (χ4n) is 2.88. The first kappa shape index (κ1) is 19.1. The van der Waals surface area contributed by atoms with Gasteiger partial charge >= 0.3 is 0 Å². The third-order valence-electron chi connectivity index (χ3n) is 4.54. The van der Waals surface area contributed by atoms with Gasteiger partial charge in [-0.15, -0.1) is 0 Å². The van der Waals surface area contributed by atoms with E-state index in [0.717, 1.165) is 31.9 Å². The molecular weight excluding hydrogens is 314 g/mol. The number of anilines is 1. The second-order valence-corrected chi connectivity index (χ2v) is 6.54. The van der Waals surface area contributed by atoms with Crippen LogP contribution in [0.4, 0.5) is 5.69 Å². The number of guanidine groups is 1. The Morgan fingerprint density at radius 2 is 2.12 bits per heavy atom. The van der Waals surface area contributed by atoms with Crippen molar-refractivity contribution in [3.63, 3.8) is 0 Å². The molecule has 1 fully saturated rings. The van der Waals surface area contributed by atoms with E-state index in [-0.39, 0.29) is 11.9 Å². The number of aliphatic imine (C=N–C) groups is 1. The maximum Gasteiger partial charge on any atom is 0.221 e. The van der Waals surface area contributed by atoms with Crippen LogP contribution in [0, 0.1) is 0 Å². The predicted octanol–water partition coefficient (Wildman–Crippen LogP) is 1.74. The third-order valence-corrected chi connectivity index (χ3v) is 4.54. The maximum absolute atomic E-state index is 11.8. The zero-order valence-corrected chi connectivity index (χ0v) is 15.6. The number of carbonyl (C=O) groups excluding carboxylic acids is 1. The van der Waals surface area contributed by atoms with Gasteiger partial charge in [0.05, 0.1) is 0 Å². The van der Waals surface area contributed by atoms with E-state index in [0.29, 0.717) is 19.0 Å². The van der Waals surface area contributed by atoms with Crippen LogP contribution in [-0.2, 0) is 4.79 Å². The summed E-state index contributed by atoms with van der Waals surface area (Å²) in [6, 6.07) is 11.1. The molecule has 138 valence electrons. The van der Waals surface area contributed by atoms with Crippen LogP contribution in [0.5, 0.6) is 0 Å². The topological polar surface area (TPSA) is 68.8 Å². The summed E-state index contributed by atoms with van der Waals surface area (Å²) in [6.07, 6.45) is 2.47. The van der Waals surface area contributed by atoms with E-state index in [1.165, 1.54) is 5.69 Å². The molecule has 0 aromatic heterocycles. The highest BCUT2D eigenvalue weighted by atomic mass is 16.1. The first-order valence-corrected chi connectivity index (χ1v) is 9.19. The van der Waals surface area contributed by atoms with Gasteiger partial charge in [0.1, 0.15) is 0 Å². The Kier molecular flexibility index (Phi) is 7.57. The summed E-state index contributed by atoms with van der Waals surface area (Å²) in [7, 11) is 1.76. The molecule has 0 spiro atoms. The zero-order chi connectivity index (χ0) is 18.1. The minimum absolute atomic E-state index is 0.0772. The summed E-state index contributed by atoms with van der Waals surface area (Å²) >= 11 is 0. The predicted molar refractivity (Wildman–Crippen MR) is 104 cm³/mol. The van der Waals surface area contributed by atoms with E-state index in [2.05, 4.69) is 57.0 Å². The number of para-hydroxylation sites is 1. The van der Waals surface area contributed by atoms with Crippen LogP contribution in [0.2, 0.25) is 0 Å². The van der Waals surface area contributed by atoms with Gasteiger partial charge in [-0.3, -0.25) is 9.79 Å². The molecule has 2 unspecified atom stereocenters. The van der Waals surface area contributed by atoms with Crippen molar-refractivity contribution in [2.24, 2.45) is 4.99 Å². The molecule has 1 aliphatic rings. The van der Waals surface area contributed by atoms with Crippen LogP contribution in [-0.4, -0.2) is 50.6 Å². The van der Waals surface area contributed by atoms with Crippen LogP contribution in [0.3, 0.4) is 0 Å². The Balaban J connectivity index is 1.71. The lowest BCUT2D eigenvalue weighted by Gasteiger charge is -2.20. The van der Waals surface area contributed by atoms with Crippen molar-refractivity contribution in [3.05, 3.63) is 30.3 Å². The van der Waals surface area contributed by atoms with Gasteiger partial charge in [0.2, 0.25) is 5.91 Å². The van der Waals surface area contributed by atoms with Crippen LogP contribution < -0.4 is 20.9 Å². The molecule has 25 heavy (non-hydrogen) atoms. The van der Waals surface area contributed by atoms with Gasteiger partial charge in [-0.25, -0.2) is 0 Å². The number of amides is 1. The molecule has 6 heteroatoms. The summed E-state index contributed by atoms with van der Waals surface area (Å²) in [4.78, 5) is 18.5. The van der Waals surface area contributed by atoms with Crippen LogP contribution >= 0.6 is 0 Å². The van der Waals surface area contributed by atoms with Gasteiger partial charge in [0.25, 0.3) is 0 Å². The first-order chi connectivity index (χ1) is 12.1. The smallest absolute Gasteiger partial charge is 0.221 e. The van der Waals surface area contributed by atoms with E-state index >= 15 is 0 Å². The molecule has 1 amide bonds. The lowest BCUT2D eigenvalue weighted by molar-refractivity contribution is -0.121. The van der Waals surface area contributed by atoms with Crippen molar-refractivity contribution in [1.29, 1.82) is 0 Å². The fourth-order valence-corrected chi connectivity index (χ4v) is 2.88. The van der Waals surface area contributed by atoms with Gasteiger partial charge in [0.15, 0.2) is 5.96 Å². The highest BCUT2D eigenvalue weighted by Gasteiger charge is 2.23. The van der Waals surface area contributed by atoms with E-state index in [1.807, 2.05) is 13.0 Å². The Hall–Kier alpha value is -2.24. The molecule has 1 saturated heterocycles. The van der Waals surface area contributed by atoms with Gasteiger partial charge in [-0.05, 0) is 31.9 Å². The largest absolute Gasteiger partial charge is 0.369 e. The number of hydrogen-bond donors (Lipinski definition) is 3. The Labute approximate surface area is 151 Å². The number of carbonyl (C=O) groups is 1. The monoisotopic (exact) mass is 345 g/mol. The van der Waals surface area contributed by atoms with E-state index in [1.54, 1.807) is 7.05 Å². The summed E-state index contributed by atoms with van der Waals surface area (Å²) in [5, 5.41) is 9.66. The molecule has 0 aliphatic carbocycles. The average Bonchev–Trinajstić information content (AvgIpc) is 3.10. The normalized spacial score (nSPS) is 18.8. The number of nitrogens with one attached hydrogen (secondary N) is 3. The quantitative estimate of drug-likeness (QED) is 0.520. The molecule has 0 saturated carbocycles. The van der Waals surface area contributed by atoms with Gasteiger partial charge in [0, 0.05) is 50.9 Å². The summed E-state index contributed by atoms with van der Waals surface area (Å²) < 4.78 is 0. The molecule has 1 aliphatic heterocycles. The molecule has 3 N–H and O–H groups in total. The third kappa shape index (κ3) is 6.29. The summed E-state index contributed by atoms with van der Waals surface area (Å²) in [6.45, 7) is 6.66. The minimum Gasteiger partial charge on any atom is -0.369 e. The van der Waals surface area contributed by atoms with Crippen LogP contribution in [0.1, 0.15) is 33.1 Å². The summed E-state index contributed by atoms with van der Waals surface area (Å²) in [5.74, 6) is 0.838. The average molecular weight is 345 g/mol. The molecule has 1 aromatic carbocycles. The lowest BCUT2D eigenvalue weighted by Crippen LogP contribution is -2.45. The van der Waals surface area contributed by atoms with Gasteiger partial charge < -0.3 is 20.9 Å². The molecule has 1 aromatic rings. The second-order valence-electron chi connectivity index (χ2n) is 6.54. The Bertz CT molecular complexity index is 560. The zero-order valence-electron chi connectivity index (χ0n) is 15.6. The van der Waals surface area contributed by atoms with Crippen molar-refractivity contribution in [2.75, 3.05) is 31.6 Å². The van der Waals surface area contributed by atoms with Gasteiger partial charge in [-0.2, -0.15) is 0 Å². The number of rotatable bonds is 7. The maximum atomic E-state index is 11.8. The first-order valence-electron chi connectivity index (χ1n) is 9.19. The molecular formula is C19H31N5O. The second kappa shape index (κ2) is 9.91. The number of hydrogen-bond acceptors (Lipinski definition) is 3. The van der Waals surface area contributed by atoms with Crippen LogP contribution in [0.15, 0.2) is 35.3 Å². The van der Waals surface area contributed by atoms with Crippen molar-refractivity contribution >= 4 is 17.6 Å². The highest BCUT2D eigenvalue weighted by Crippen LogP contribution is 2.19. The Morgan fingerprint density at radius 3 is 2.80 bits per heavy atom. The van der Waals surface area contributed by atoms with E-state index in [9.17, 15) is 4.79 Å². The molecule has 1 heterocycles. The molecule has 2 rings (SSSR count). The molecule has 0 radical (unpaired) electrons. The summed E-state index contributed by atoms with van der Waals surface area (Å²) in [5.41, 5.74) is 1.26. The molecule has 2 atom stereocenters. The van der Waals surface area contributed by atoms with Crippen molar-refractivity contribution in [2.45, 2.75) is 45.2 Å². The SMILES string of the molecule is CCC(C)NC(=O)CCNC(=NC)NC1CCN(c2ccccc2)C1. The molecule has 0 bridgehead atoms. The highest BCUT2D eigenvalue weighted by molar-refractivity contribution is 5.81. The van der Waals surface area contributed by atoms with Crippen molar-refractivity contribution < 1.29 is 4.79 Å². The Morgan fingerprint density at radius 1 is 1.36 bits per heavy atom. The number of benzene rings is 1. The fraction of sp³-hybridized carbons (Fsp3) is 0.579. The molecule has 6 nitrogen and oxygen atoms in total. The number of nitrogens with zero attached hydrogens (tertiary/aromatic N) is 2. The van der Waals surface area contributed by atoms with E-state index in [4.69, 9.17) is 0 Å². The lowest BCUT2D eigenvalue weighted by atomic mass is 10.2. The standard InChI is InChI=1S/C19H31N5O/c1-4-15(2)22-18(25)10-12-21-19(20-3)23-16-11-13-24(14-16)17-8-6-5-7-9-17/h5-9,15-16H,4,10-14H2,1-3H3,(H,22,25)(H2,20,21,23). The van der Waals surface area contributed by atoms with Gasteiger partial charge in [-0.1, -0.05) is 25.1 Å². The minimum atomic E-state index is 0.0772. The van der Waals surface area contributed by atoms with E-state index < -0.39 is 0 Å². The van der Waals surface area contributed by atoms with Crippen LogP contribution in [0.25, 0.3) is 0 Å². The van der Waals surface area contributed by atoms with Crippen molar-refractivity contribution in [1.82, 2.24) is 16.0 Å². The van der Waals surface area contributed by atoms with Crippen molar-refractivity contribution in [3.8, 4) is 0 Å².